The van der Waals surface area contributed by atoms with Crippen LogP contribution >= 0.6 is 11.3 Å². The Morgan fingerprint density at radius 3 is 2.56 bits per heavy atom. The van der Waals surface area contributed by atoms with Gasteiger partial charge in [0.1, 0.15) is 0 Å². The topological polar surface area (TPSA) is 93.1 Å². The summed E-state index contributed by atoms with van der Waals surface area (Å²) in [4.78, 5) is 30.6. The molecule has 4 rings (SSSR count). The van der Waals surface area contributed by atoms with Gasteiger partial charge in [-0.3, -0.25) is 19.9 Å². The maximum Gasteiger partial charge on any atom is 0.279 e. The van der Waals surface area contributed by atoms with Gasteiger partial charge in [-0.15, -0.1) is 11.3 Å². The van der Waals surface area contributed by atoms with Crippen LogP contribution in [0.5, 0.6) is 0 Å². The molecule has 1 aromatic heterocycles. The smallest absolute Gasteiger partial charge is 0.279 e. The molecule has 2 heterocycles. The van der Waals surface area contributed by atoms with Crippen molar-refractivity contribution in [3.8, 4) is 11.3 Å². The van der Waals surface area contributed by atoms with Crippen LogP contribution in [0.15, 0.2) is 76.2 Å². The molecule has 0 spiro atoms. The highest BCUT2D eigenvalue weighted by Gasteiger charge is 2.33. The molecule has 1 amide bonds. The van der Waals surface area contributed by atoms with Gasteiger partial charge in [-0.05, 0) is 32.0 Å². The van der Waals surface area contributed by atoms with Crippen LogP contribution in [0, 0.1) is 10.1 Å². The molecule has 1 aliphatic heterocycles. The van der Waals surface area contributed by atoms with Crippen LogP contribution in [0.2, 0.25) is 0 Å². The summed E-state index contributed by atoms with van der Waals surface area (Å²) in [7, 11) is 0. The Balaban J connectivity index is 1.90. The molecule has 0 aliphatic carbocycles. The van der Waals surface area contributed by atoms with E-state index in [0.717, 1.165) is 22.4 Å². The zero-order chi connectivity index (χ0) is 22.8. The fourth-order valence-electron chi connectivity index (χ4n) is 3.43. The van der Waals surface area contributed by atoms with Crippen molar-refractivity contribution < 1.29 is 9.72 Å². The highest BCUT2D eigenvalue weighted by Crippen LogP contribution is 2.30. The average Bonchev–Trinajstić information content (AvgIpc) is 3.31. The van der Waals surface area contributed by atoms with Gasteiger partial charge < -0.3 is 4.90 Å². The van der Waals surface area contributed by atoms with Gasteiger partial charge in [0.2, 0.25) is 4.80 Å². The molecule has 3 aromatic rings. The van der Waals surface area contributed by atoms with Gasteiger partial charge in [-0.25, -0.2) is 4.68 Å². The highest BCUT2D eigenvalue weighted by molar-refractivity contribution is 7.07. The lowest BCUT2D eigenvalue weighted by Gasteiger charge is -2.13. The van der Waals surface area contributed by atoms with Crippen molar-refractivity contribution >= 4 is 34.3 Å². The average molecular weight is 448 g/mol. The number of anilines is 1. The van der Waals surface area contributed by atoms with Crippen molar-refractivity contribution in [2.45, 2.75) is 13.8 Å². The number of nitrogens with zero attached hydrogens (tertiary/aromatic N) is 5. The molecule has 1 aliphatic rings. The molecule has 0 N–H and O–H groups in total. The summed E-state index contributed by atoms with van der Waals surface area (Å²) in [5.41, 5.74) is 4.25. The number of para-hydroxylation sites is 1. The summed E-state index contributed by atoms with van der Waals surface area (Å²) in [5, 5.41) is 17.7. The van der Waals surface area contributed by atoms with E-state index in [-0.39, 0.29) is 11.6 Å². The van der Waals surface area contributed by atoms with Crippen molar-refractivity contribution in [1.29, 1.82) is 0 Å². The van der Waals surface area contributed by atoms with E-state index in [1.54, 1.807) is 21.7 Å². The first kappa shape index (κ1) is 21.4. The van der Waals surface area contributed by atoms with Crippen LogP contribution in [0.3, 0.4) is 0 Å². The molecule has 0 bridgehead atoms. The Kier molecular flexibility index (Phi) is 5.83. The van der Waals surface area contributed by atoms with Crippen LogP contribution in [-0.4, -0.2) is 34.3 Å². The standard InChI is InChI=1S/C23H21N5O3S/c1-4-26-19-8-6-5-7-18(19)21(22(26)29)25-27-20(14-32-23(27)24-13-15(2)3)16-9-11-17(12-10-16)28(30)31/h5-12,14H,2,4,13H2,1,3H3. The molecule has 0 atom stereocenters. The van der Waals surface area contributed by atoms with Gasteiger partial charge >= 0.3 is 0 Å². The predicted octanol–water partition coefficient (Wildman–Crippen LogP) is 4.22. The molecule has 8 nitrogen and oxygen atoms in total. The first-order valence-electron chi connectivity index (χ1n) is 10.0. The number of benzene rings is 2. The quantitative estimate of drug-likeness (QED) is 0.322. The zero-order valence-corrected chi connectivity index (χ0v) is 18.5. The van der Waals surface area contributed by atoms with Crippen molar-refractivity contribution in [2.75, 3.05) is 18.0 Å². The molecule has 32 heavy (non-hydrogen) atoms. The van der Waals surface area contributed by atoms with Gasteiger partial charge in [-0.2, -0.15) is 5.10 Å². The molecule has 0 unspecified atom stereocenters. The van der Waals surface area contributed by atoms with Crippen LogP contribution in [0.4, 0.5) is 11.4 Å². The van der Waals surface area contributed by atoms with E-state index in [9.17, 15) is 14.9 Å². The lowest BCUT2D eigenvalue weighted by atomic mass is 10.1. The van der Waals surface area contributed by atoms with E-state index >= 15 is 0 Å². The minimum absolute atomic E-state index is 0.00696. The number of hydrogen-bond donors (Lipinski definition) is 0. The minimum Gasteiger partial charge on any atom is -0.307 e. The number of carbonyl (C=O) groups excluding carboxylic acids is 1. The van der Waals surface area contributed by atoms with Gasteiger partial charge in [0, 0.05) is 35.2 Å². The largest absolute Gasteiger partial charge is 0.307 e. The number of fused-ring (bicyclic) bond motifs is 1. The van der Waals surface area contributed by atoms with E-state index in [1.165, 1.54) is 23.5 Å². The lowest BCUT2D eigenvalue weighted by molar-refractivity contribution is -0.384. The Morgan fingerprint density at radius 1 is 1.19 bits per heavy atom. The number of thiazole rings is 1. The lowest BCUT2D eigenvalue weighted by Crippen LogP contribution is -2.30. The first-order valence-corrected chi connectivity index (χ1v) is 10.9. The van der Waals surface area contributed by atoms with Crippen LogP contribution in [-0.2, 0) is 4.79 Å². The Labute approximate surface area is 188 Å². The summed E-state index contributed by atoms with van der Waals surface area (Å²) >= 11 is 1.39. The molecule has 0 saturated heterocycles. The second kappa shape index (κ2) is 8.72. The molecular weight excluding hydrogens is 426 g/mol. The third kappa shape index (κ3) is 3.90. The maximum atomic E-state index is 13.1. The number of rotatable bonds is 6. The van der Waals surface area contributed by atoms with Gasteiger partial charge in [0.15, 0.2) is 5.71 Å². The minimum atomic E-state index is -0.438. The third-order valence-electron chi connectivity index (χ3n) is 4.96. The number of hydrogen-bond acceptors (Lipinski definition) is 6. The highest BCUT2D eigenvalue weighted by atomic mass is 32.1. The number of non-ortho nitro benzene ring substituents is 1. The molecule has 0 saturated carbocycles. The normalized spacial score (nSPS) is 14.8. The first-order chi connectivity index (χ1) is 15.4. The molecular formula is C23H21N5O3S. The van der Waals surface area contributed by atoms with Crippen molar-refractivity contribution in [3.05, 3.63) is 86.5 Å². The fourth-order valence-corrected chi connectivity index (χ4v) is 4.26. The molecule has 0 radical (unpaired) electrons. The number of nitro groups is 1. The Hall–Kier alpha value is -3.85. The molecule has 9 heteroatoms. The van der Waals surface area contributed by atoms with Crippen molar-refractivity contribution in [3.63, 3.8) is 0 Å². The summed E-state index contributed by atoms with van der Waals surface area (Å²) in [6, 6.07) is 13.8. The van der Waals surface area contributed by atoms with E-state index in [2.05, 4.69) is 11.6 Å². The van der Waals surface area contributed by atoms with Crippen LogP contribution in [0.25, 0.3) is 11.3 Å². The van der Waals surface area contributed by atoms with Gasteiger partial charge in [0.05, 0.1) is 22.8 Å². The number of nitro benzene ring substituents is 1. The predicted molar refractivity (Wildman–Crippen MR) is 126 cm³/mol. The van der Waals surface area contributed by atoms with Crippen LogP contribution in [0.1, 0.15) is 19.4 Å². The number of amides is 1. The van der Waals surface area contributed by atoms with E-state index in [4.69, 9.17) is 5.10 Å². The zero-order valence-electron chi connectivity index (χ0n) is 17.7. The fraction of sp³-hybridized carbons (Fsp3) is 0.174. The second-order valence-electron chi connectivity index (χ2n) is 7.31. The summed E-state index contributed by atoms with van der Waals surface area (Å²) < 4.78 is 1.64. The number of carbonyl (C=O) groups is 1. The Bertz CT molecular complexity index is 1320. The van der Waals surface area contributed by atoms with E-state index in [0.29, 0.717) is 29.3 Å². The van der Waals surface area contributed by atoms with E-state index < -0.39 is 4.92 Å². The van der Waals surface area contributed by atoms with Gasteiger partial charge in [-0.1, -0.05) is 30.4 Å². The summed E-state index contributed by atoms with van der Waals surface area (Å²) in [5.74, 6) is -0.173. The number of aromatic nitrogens is 1. The second-order valence-corrected chi connectivity index (χ2v) is 8.14. The SMILES string of the molecule is C=C(C)CN=c1scc(-c2ccc([N+](=O)[O-])cc2)n1N=C1C(=O)N(CC)c2ccccc21. The van der Waals surface area contributed by atoms with Gasteiger partial charge in [0.25, 0.3) is 11.6 Å². The number of likely N-dealkylation sites (N-methyl/N-ethyl adjacent to an activating group) is 1. The summed E-state index contributed by atoms with van der Waals surface area (Å²) in [6.45, 7) is 8.67. The summed E-state index contributed by atoms with van der Waals surface area (Å²) in [6.07, 6.45) is 0. The Morgan fingerprint density at radius 2 is 1.91 bits per heavy atom. The van der Waals surface area contributed by atoms with Crippen LogP contribution < -0.4 is 9.70 Å². The molecule has 2 aromatic carbocycles. The van der Waals surface area contributed by atoms with E-state index in [1.807, 2.05) is 43.5 Å². The maximum absolute atomic E-state index is 13.1. The van der Waals surface area contributed by atoms with Crippen molar-refractivity contribution in [2.24, 2.45) is 10.1 Å². The van der Waals surface area contributed by atoms with Crippen molar-refractivity contribution in [1.82, 2.24) is 4.68 Å². The molecule has 162 valence electrons. The third-order valence-corrected chi connectivity index (χ3v) is 5.81. The monoisotopic (exact) mass is 447 g/mol. The molecule has 0 fully saturated rings.